The lowest BCUT2D eigenvalue weighted by atomic mass is 9.98. The molecule has 2 heterocycles. The first kappa shape index (κ1) is 9.99. The monoisotopic (exact) mass is 213 g/mol. The van der Waals surface area contributed by atoms with Gasteiger partial charge in [0.05, 0.1) is 0 Å². The largest absolute Gasteiger partial charge is 0.328 e. The van der Waals surface area contributed by atoms with Gasteiger partial charge in [0.1, 0.15) is 0 Å². The fourth-order valence-electron chi connectivity index (χ4n) is 2.24. The molecule has 0 aromatic carbocycles. The van der Waals surface area contributed by atoms with Crippen LogP contribution < -0.4 is 5.73 Å². The highest BCUT2D eigenvalue weighted by molar-refractivity contribution is 6.28. The molecule has 0 saturated carbocycles. The maximum Gasteiger partial charge on any atom is 0.203 e. The maximum absolute atomic E-state index is 6.05. The van der Waals surface area contributed by atoms with Crippen molar-refractivity contribution >= 4 is 11.6 Å². The number of aryl methyl sites for hydroxylation is 1. The van der Waals surface area contributed by atoms with E-state index in [-0.39, 0.29) is 6.04 Å². The molecule has 2 atom stereocenters. The van der Waals surface area contributed by atoms with Gasteiger partial charge in [-0.15, -0.1) is 0 Å². The van der Waals surface area contributed by atoms with E-state index in [1.807, 2.05) is 13.1 Å². The molecule has 1 aromatic heterocycles. The van der Waals surface area contributed by atoms with Crippen LogP contribution in [0.5, 0.6) is 0 Å². The van der Waals surface area contributed by atoms with Crippen molar-refractivity contribution in [3.63, 3.8) is 0 Å². The summed E-state index contributed by atoms with van der Waals surface area (Å²) in [5.41, 5.74) is 7.08. The van der Waals surface area contributed by atoms with Crippen molar-refractivity contribution in [1.82, 2.24) is 9.55 Å². The van der Waals surface area contributed by atoms with Crippen molar-refractivity contribution in [2.45, 2.75) is 44.7 Å². The second-order valence-electron chi connectivity index (χ2n) is 4.15. The highest BCUT2D eigenvalue weighted by Crippen LogP contribution is 2.31. The number of nitrogens with zero attached hydrogens (tertiary/aromatic N) is 2. The minimum atomic E-state index is 0.226. The number of rotatable bonds is 2. The summed E-state index contributed by atoms with van der Waals surface area (Å²) >= 11 is 6.05. The molecule has 2 N–H and O–H groups in total. The van der Waals surface area contributed by atoms with E-state index in [0.717, 1.165) is 12.8 Å². The fourth-order valence-corrected chi connectivity index (χ4v) is 2.54. The van der Waals surface area contributed by atoms with Gasteiger partial charge >= 0.3 is 0 Å². The molecule has 1 aromatic rings. The van der Waals surface area contributed by atoms with Crippen molar-refractivity contribution in [3.8, 4) is 0 Å². The molecule has 78 valence electrons. The van der Waals surface area contributed by atoms with Crippen molar-refractivity contribution in [3.05, 3.63) is 17.2 Å². The van der Waals surface area contributed by atoms with Gasteiger partial charge in [-0.2, -0.15) is 0 Å². The highest BCUT2D eigenvalue weighted by atomic mass is 35.5. The summed E-state index contributed by atoms with van der Waals surface area (Å²) in [6.45, 7) is 2.04. The van der Waals surface area contributed by atoms with Crippen LogP contribution >= 0.6 is 11.6 Å². The van der Waals surface area contributed by atoms with Crippen molar-refractivity contribution in [1.29, 1.82) is 0 Å². The predicted molar refractivity (Wildman–Crippen MR) is 57.5 cm³/mol. The molecule has 3 nitrogen and oxygen atoms in total. The summed E-state index contributed by atoms with van der Waals surface area (Å²) in [5, 5.41) is 0.616. The number of imidazole rings is 1. The van der Waals surface area contributed by atoms with Gasteiger partial charge in [-0.3, -0.25) is 0 Å². The molecule has 0 radical (unpaired) electrons. The molecule has 0 saturated heterocycles. The van der Waals surface area contributed by atoms with Crippen molar-refractivity contribution in [2.75, 3.05) is 0 Å². The quantitative estimate of drug-likeness (QED) is 0.818. The van der Waals surface area contributed by atoms with E-state index in [9.17, 15) is 0 Å². The van der Waals surface area contributed by atoms with Crippen LogP contribution in [-0.2, 0) is 6.42 Å². The molecule has 2 unspecified atom stereocenters. The molecule has 4 heteroatoms. The average molecular weight is 214 g/mol. The Balaban J connectivity index is 2.25. The molecule has 0 bridgehead atoms. The summed E-state index contributed by atoms with van der Waals surface area (Å²) in [5.74, 6) is 0. The molecular formula is C10H16ClN3. The van der Waals surface area contributed by atoms with E-state index >= 15 is 0 Å². The summed E-state index contributed by atoms with van der Waals surface area (Å²) in [7, 11) is 0. The Hall–Kier alpha value is -0.540. The number of halogens is 1. The maximum atomic E-state index is 6.05. The third-order valence-corrected chi connectivity index (χ3v) is 3.09. The Kier molecular flexibility index (Phi) is 2.79. The molecule has 0 fully saturated rings. The Bertz CT molecular complexity index is 319. The lowest BCUT2D eigenvalue weighted by Crippen LogP contribution is -2.25. The zero-order valence-corrected chi connectivity index (χ0v) is 9.17. The van der Waals surface area contributed by atoms with Gasteiger partial charge in [0.2, 0.25) is 5.28 Å². The Morgan fingerprint density at radius 3 is 3.29 bits per heavy atom. The minimum absolute atomic E-state index is 0.226. The summed E-state index contributed by atoms with van der Waals surface area (Å²) < 4.78 is 2.15. The summed E-state index contributed by atoms with van der Waals surface area (Å²) in [6, 6.07) is 0.679. The summed E-state index contributed by atoms with van der Waals surface area (Å²) in [6.07, 6.45) is 6.36. The first-order valence-corrected chi connectivity index (χ1v) is 5.53. The van der Waals surface area contributed by atoms with E-state index in [1.54, 1.807) is 0 Å². The normalized spacial score (nSPS) is 23.2. The second kappa shape index (κ2) is 3.91. The third kappa shape index (κ3) is 1.79. The van der Waals surface area contributed by atoms with Crippen LogP contribution in [0.4, 0.5) is 0 Å². The average Bonchev–Trinajstić information content (AvgIpc) is 2.48. The van der Waals surface area contributed by atoms with E-state index in [1.165, 1.54) is 18.5 Å². The molecule has 1 aliphatic rings. The summed E-state index contributed by atoms with van der Waals surface area (Å²) in [4.78, 5) is 4.14. The third-order valence-electron chi connectivity index (χ3n) is 2.81. The van der Waals surface area contributed by atoms with E-state index in [2.05, 4.69) is 9.55 Å². The van der Waals surface area contributed by atoms with Crippen LogP contribution in [-0.4, -0.2) is 15.6 Å². The molecule has 0 amide bonds. The van der Waals surface area contributed by atoms with Crippen LogP contribution in [0.1, 0.15) is 37.9 Å². The van der Waals surface area contributed by atoms with Gasteiger partial charge < -0.3 is 10.3 Å². The standard InChI is InChI=1S/C10H16ClN3/c1-7(12)5-8-3-2-4-9-6-13-10(11)14(8)9/h6-8H,2-5,12H2,1H3. The first-order chi connectivity index (χ1) is 6.68. The van der Waals surface area contributed by atoms with E-state index in [4.69, 9.17) is 17.3 Å². The zero-order valence-electron chi connectivity index (χ0n) is 8.41. The smallest absolute Gasteiger partial charge is 0.203 e. The first-order valence-electron chi connectivity index (χ1n) is 5.15. The van der Waals surface area contributed by atoms with Gasteiger partial charge in [-0.05, 0) is 44.2 Å². The van der Waals surface area contributed by atoms with Crippen LogP contribution in [0.3, 0.4) is 0 Å². The van der Waals surface area contributed by atoms with Crippen molar-refractivity contribution in [2.24, 2.45) is 5.73 Å². The van der Waals surface area contributed by atoms with Crippen LogP contribution in [0.2, 0.25) is 5.28 Å². The molecular weight excluding hydrogens is 198 g/mol. The van der Waals surface area contributed by atoms with Gasteiger partial charge in [0.25, 0.3) is 0 Å². The van der Waals surface area contributed by atoms with Crippen LogP contribution in [0.25, 0.3) is 0 Å². The molecule has 2 rings (SSSR count). The van der Waals surface area contributed by atoms with Gasteiger partial charge in [-0.1, -0.05) is 0 Å². The topological polar surface area (TPSA) is 43.8 Å². The van der Waals surface area contributed by atoms with Gasteiger partial charge in [0.15, 0.2) is 0 Å². The predicted octanol–water partition coefficient (Wildman–Crippen LogP) is 2.15. The molecule has 14 heavy (non-hydrogen) atoms. The second-order valence-corrected chi connectivity index (χ2v) is 4.49. The van der Waals surface area contributed by atoms with Gasteiger partial charge in [0, 0.05) is 24.0 Å². The fraction of sp³-hybridized carbons (Fsp3) is 0.700. The van der Waals surface area contributed by atoms with E-state index < -0.39 is 0 Å². The van der Waals surface area contributed by atoms with Crippen LogP contribution in [0.15, 0.2) is 6.20 Å². The lowest BCUT2D eigenvalue weighted by Gasteiger charge is -2.27. The highest BCUT2D eigenvalue weighted by Gasteiger charge is 2.22. The number of hydrogen-bond donors (Lipinski definition) is 1. The minimum Gasteiger partial charge on any atom is -0.328 e. The SMILES string of the molecule is CC(N)CC1CCCc2cnc(Cl)n21. The zero-order chi connectivity index (χ0) is 10.1. The Morgan fingerprint density at radius 2 is 2.57 bits per heavy atom. The van der Waals surface area contributed by atoms with E-state index in [0.29, 0.717) is 11.3 Å². The number of hydrogen-bond acceptors (Lipinski definition) is 2. The Morgan fingerprint density at radius 1 is 1.79 bits per heavy atom. The lowest BCUT2D eigenvalue weighted by molar-refractivity contribution is 0.360. The van der Waals surface area contributed by atoms with Crippen molar-refractivity contribution < 1.29 is 0 Å². The number of nitrogens with two attached hydrogens (primary N) is 1. The Labute approximate surface area is 89.3 Å². The van der Waals surface area contributed by atoms with Gasteiger partial charge in [-0.25, -0.2) is 4.98 Å². The van der Waals surface area contributed by atoms with Crippen LogP contribution in [0, 0.1) is 0 Å². The molecule has 1 aliphatic heterocycles. The number of aromatic nitrogens is 2. The number of fused-ring (bicyclic) bond motifs is 1. The molecule has 0 aliphatic carbocycles. The molecule has 0 spiro atoms.